The van der Waals surface area contributed by atoms with Crippen molar-refractivity contribution in [3.8, 4) is 0 Å². The molecular formula is C13H20N2O2S. The molecular weight excluding hydrogens is 248 g/mol. The standard InChI is InChI=1S/C13H20N2O2S/c1-18(17)9-5-8-15-13(16)12(14)10-11-6-3-2-4-7-11/h2-4,6-7,12H,5,8-10,14H2,1H3,(H,15,16)/t12-,18?/m1/s1. The number of carbonyl (C=O) groups excluding carboxylic acids is 1. The van der Waals surface area contributed by atoms with Gasteiger partial charge in [0.05, 0.1) is 6.04 Å². The molecule has 0 aromatic heterocycles. The second-order valence-corrected chi connectivity index (χ2v) is 5.77. The highest BCUT2D eigenvalue weighted by Gasteiger charge is 2.13. The Morgan fingerprint density at radius 1 is 1.39 bits per heavy atom. The largest absolute Gasteiger partial charge is 0.355 e. The van der Waals surface area contributed by atoms with E-state index >= 15 is 0 Å². The minimum Gasteiger partial charge on any atom is -0.355 e. The molecule has 0 aliphatic carbocycles. The summed E-state index contributed by atoms with van der Waals surface area (Å²) in [4.78, 5) is 11.7. The molecule has 1 amide bonds. The lowest BCUT2D eigenvalue weighted by atomic mass is 10.1. The first-order valence-electron chi connectivity index (χ1n) is 5.97. The summed E-state index contributed by atoms with van der Waals surface area (Å²) in [6.07, 6.45) is 2.91. The van der Waals surface area contributed by atoms with Crippen LogP contribution in [0.4, 0.5) is 0 Å². The van der Waals surface area contributed by atoms with Crippen molar-refractivity contribution in [2.45, 2.75) is 18.9 Å². The Kier molecular flexibility index (Phi) is 6.60. The fraction of sp³-hybridized carbons (Fsp3) is 0.462. The van der Waals surface area contributed by atoms with E-state index in [1.807, 2.05) is 30.3 Å². The number of amides is 1. The van der Waals surface area contributed by atoms with Crippen LogP contribution in [0.5, 0.6) is 0 Å². The van der Waals surface area contributed by atoms with E-state index in [0.29, 0.717) is 25.1 Å². The Labute approximate surface area is 110 Å². The average molecular weight is 268 g/mol. The first-order chi connectivity index (χ1) is 8.59. The van der Waals surface area contributed by atoms with E-state index in [1.54, 1.807) is 6.26 Å². The van der Waals surface area contributed by atoms with E-state index in [0.717, 1.165) is 5.56 Å². The van der Waals surface area contributed by atoms with Crippen LogP contribution in [0.15, 0.2) is 30.3 Å². The monoisotopic (exact) mass is 268 g/mol. The van der Waals surface area contributed by atoms with E-state index in [1.165, 1.54) is 0 Å². The molecule has 1 aromatic carbocycles. The summed E-state index contributed by atoms with van der Waals surface area (Å²) in [5.41, 5.74) is 6.87. The highest BCUT2D eigenvalue weighted by atomic mass is 32.2. The van der Waals surface area contributed by atoms with Crippen molar-refractivity contribution in [2.24, 2.45) is 5.73 Å². The van der Waals surface area contributed by atoms with Gasteiger partial charge in [-0.3, -0.25) is 9.00 Å². The molecule has 1 rings (SSSR count). The third-order valence-corrected chi connectivity index (χ3v) is 3.41. The maximum Gasteiger partial charge on any atom is 0.237 e. The smallest absolute Gasteiger partial charge is 0.237 e. The highest BCUT2D eigenvalue weighted by Crippen LogP contribution is 2.01. The lowest BCUT2D eigenvalue weighted by Crippen LogP contribution is -2.42. The molecule has 3 N–H and O–H groups in total. The van der Waals surface area contributed by atoms with E-state index in [4.69, 9.17) is 5.73 Å². The predicted octanol–water partition coefficient (Wildman–Crippen LogP) is 0.441. The molecule has 0 saturated heterocycles. The van der Waals surface area contributed by atoms with Crippen LogP contribution in [0.25, 0.3) is 0 Å². The fourth-order valence-electron chi connectivity index (χ4n) is 1.58. The molecule has 1 unspecified atom stereocenters. The van der Waals surface area contributed by atoms with Crippen LogP contribution >= 0.6 is 0 Å². The summed E-state index contributed by atoms with van der Waals surface area (Å²) in [6.45, 7) is 0.529. The van der Waals surface area contributed by atoms with Crippen LogP contribution in [-0.4, -0.2) is 34.7 Å². The molecule has 0 bridgehead atoms. The topological polar surface area (TPSA) is 72.2 Å². The van der Waals surface area contributed by atoms with Gasteiger partial charge in [0.15, 0.2) is 0 Å². The molecule has 0 spiro atoms. The van der Waals surface area contributed by atoms with Gasteiger partial charge in [0, 0.05) is 29.4 Å². The Balaban J connectivity index is 2.27. The number of hydrogen-bond donors (Lipinski definition) is 2. The SMILES string of the molecule is CS(=O)CCCNC(=O)[C@H](N)Cc1ccccc1. The number of hydrogen-bond acceptors (Lipinski definition) is 3. The van der Waals surface area contributed by atoms with Gasteiger partial charge >= 0.3 is 0 Å². The van der Waals surface area contributed by atoms with E-state index in [-0.39, 0.29) is 5.91 Å². The van der Waals surface area contributed by atoms with Crippen molar-refractivity contribution in [2.75, 3.05) is 18.6 Å². The zero-order chi connectivity index (χ0) is 13.4. The maximum atomic E-state index is 11.7. The lowest BCUT2D eigenvalue weighted by molar-refractivity contribution is -0.122. The van der Waals surface area contributed by atoms with Gasteiger partial charge in [0.25, 0.3) is 0 Å². The first kappa shape index (κ1) is 14.9. The summed E-state index contributed by atoms with van der Waals surface area (Å²) in [5.74, 6) is 0.453. The molecule has 0 fully saturated rings. The minimum absolute atomic E-state index is 0.152. The summed E-state index contributed by atoms with van der Waals surface area (Å²) < 4.78 is 10.8. The van der Waals surface area contributed by atoms with Crippen LogP contribution in [0.1, 0.15) is 12.0 Å². The first-order valence-corrected chi connectivity index (χ1v) is 7.69. The normalized spacial score (nSPS) is 13.9. The van der Waals surface area contributed by atoms with Gasteiger partial charge < -0.3 is 11.1 Å². The van der Waals surface area contributed by atoms with Crippen LogP contribution in [0.3, 0.4) is 0 Å². The van der Waals surface area contributed by atoms with E-state index in [2.05, 4.69) is 5.32 Å². The molecule has 0 aliphatic rings. The molecule has 4 nitrogen and oxygen atoms in total. The van der Waals surface area contributed by atoms with Gasteiger partial charge in [-0.05, 0) is 18.4 Å². The summed E-state index contributed by atoms with van der Waals surface area (Å²) in [6, 6.07) is 9.16. The van der Waals surface area contributed by atoms with Gasteiger partial charge in [-0.15, -0.1) is 0 Å². The van der Waals surface area contributed by atoms with Crippen LogP contribution in [0.2, 0.25) is 0 Å². The predicted molar refractivity (Wildman–Crippen MR) is 74.7 cm³/mol. The molecule has 100 valence electrons. The van der Waals surface area contributed by atoms with Gasteiger partial charge in [0.1, 0.15) is 0 Å². The fourth-order valence-corrected chi connectivity index (χ4v) is 2.13. The average Bonchev–Trinajstić information content (AvgIpc) is 2.35. The van der Waals surface area contributed by atoms with Crippen molar-refractivity contribution in [3.05, 3.63) is 35.9 Å². The number of benzene rings is 1. The number of nitrogens with two attached hydrogens (primary N) is 1. The molecule has 2 atom stereocenters. The minimum atomic E-state index is -0.805. The van der Waals surface area contributed by atoms with Crippen LogP contribution in [0, 0.1) is 0 Å². The quantitative estimate of drug-likeness (QED) is 0.705. The number of carbonyl (C=O) groups is 1. The lowest BCUT2D eigenvalue weighted by Gasteiger charge is -2.12. The molecule has 1 aromatic rings. The van der Waals surface area contributed by atoms with Crippen LogP contribution < -0.4 is 11.1 Å². The summed E-state index contributed by atoms with van der Waals surface area (Å²) in [5, 5.41) is 2.76. The van der Waals surface area contributed by atoms with Crippen molar-refractivity contribution < 1.29 is 9.00 Å². The molecule has 18 heavy (non-hydrogen) atoms. The summed E-state index contributed by atoms with van der Waals surface area (Å²) >= 11 is 0. The van der Waals surface area contributed by atoms with Crippen molar-refractivity contribution in [3.63, 3.8) is 0 Å². The van der Waals surface area contributed by atoms with Gasteiger partial charge in [-0.2, -0.15) is 0 Å². The zero-order valence-electron chi connectivity index (χ0n) is 10.6. The van der Waals surface area contributed by atoms with Crippen molar-refractivity contribution in [1.82, 2.24) is 5.32 Å². The third-order valence-electron chi connectivity index (χ3n) is 2.54. The number of nitrogens with one attached hydrogen (secondary N) is 1. The number of rotatable bonds is 7. The molecule has 0 aliphatic heterocycles. The third kappa shape index (κ3) is 5.93. The van der Waals surface area contributed by atoms with E-state index in [9.17, 15) is 9.00 Å². The van der Waals surface area contributed by atoms with Crippen molar-refractivity contribution >= 4 is 16.7 Å². The van der Waals surface area contributed by atoms with E-state index < -0.39 is 16.8 Å². The van der Waals surface area contributed by atoms with Gasteiger partial charge in [0.2, 0.25) is 5.91 Å². The molecule has 0 saturated carbocycles. The van der Waals surface area contributed by atoms with Gasteiger partial charge in [-0.1, -0.05) is 30.3 Å². The zero-order valence-corrected chi connectivity index (χ0v) is 11.4. The maximum absolute atomic E-state index is 11.7. The molecule has 5 heteroatoms. The second-order valence-electron chi connectivity index (χ2n) is 4.22. The van der Waals surface area contributed by atoms with Crippen molar-refractivity contribution in [1.29, 1.82) is 0 Å². The Morgan fingerprint density at radius 2 is 2.06 bits per heavy atom. The Hall–Kier alpha value is -1.20. The second kappa shape index (κ2) is 8.00. The van der Waals surface area contributed by atoms with Crippen LogP contribution in [-0.2, 0) is 22.0 Å². The summed E-state index contributed by atoms with van der Waals surface area (Å²) in [7, 11) is -0.805. The molecule has 0 radical (unpaired) electrons. The van der Waals surface area contributed by atoms with Gasteiger partial charge in [-0.25, -0.2) is 0 Å². The highest BCUT2D eigenvalue weighted by molar-refractivity contribution is 7.84. The Morgan fingerprint density at radius 3 is 2.67 bits per heavy atom. The molecule has 0 heterocycles. The Bertz CT molecular complexity index is 395.